The van der Waals surface area contributed by atoms with Crippen molar-refractivity contribution in [1.82, 2.24) is 4.90 Å². The Morgan fingerprint density at radius 3 is 2.38 bits per heavy atom. The lowest BCUT2D eigenvalue weighted by Gasteiger charge is -2.28. The van der Waals surface area contributed by atoms with E-state index in [1.54, 1.807) is 29.2 Å². The van der Waals surface area contributed by atoms with Gasteiger partial charge in [-0.15, -0.1) is 0 Å². The van der Waals surface area contributed by atoms with Crippen LogP contribution < -0.4 is 10.6 Å². The van der Waals surface area contributed by atoms with Gasteiger partial charge in [0.2, 0.25) is 17.7 Å². The van der Waals surface area contributed by atoms with Crippen LogP contribution in [0.25, 0.3) is 0 Å². The van der Waals surface area contributed by atoms with E-state index >= 15 is 0 Å². The first-order valence-corrected chi connectivity index (χ1v) is 8.53. The third kappa shape index (κ3) is 4.47. The highest BCUT2D eigenvalue weighted by Gasteiger charge is 2.22. The largest absolute Gasteiger partial charge is 0.338 e. The van der Waals surface area contributed by atoms with E-state index in [1.165, 1.54) is 12.5 Å². The first-order chi connectivity index (χ1) is 12.5. The maximum Gasteiger partial charge on any atom is 0.233 e. The highest BCUT2D eigenvalue weighted by Crippen LogP contribution is 2.19. The molecule has 0 radical (unpaired) electrons. The highest BCUT2D eigenvalue weighted by atomic mass is 16.2. The van der Waals surface area contributed by atoms with Crippen LogP contribution in [0.2, 0.25) is 0 Å². The number of nitrogens with zero attached hydrogens (tertiary/aromatic N) is 1. The average molecular weight is 351 g/mol. The smallest absolute Gasteiger partial charge is 0.233 e. The molecule has 2 aromatic carbocycles. The number of hydrogen-bond donors (Lipinski definition) is 2. The van der Waals surface area contributed by atoms with Crippen molar-refractivity contribution in [1.29, 1.82) is 0 Å². The summed E-state index contributed by atoms with van der Waals surface area (Å²) in [4.78, 5) is 37.5. The molecule has 3 amide bonds. The molecule has 0 fully saturated rings. The average Bonchev–Trinajstić information content (AvgIpc) is 2.61. The molecule has 1 aliphatic rings. The van der Waals surface area contributed by atoms with Gasteiger partial charge in [-0.1, -0.05) is 30.3 Å². The van der Waals surface area contributed by atoms with Gasteiger partial charge in [0.15, 0.2) is 0 Å². The topological polar surface area (TPSA) is 78.5 Å². The number of fused-ring (bicyclic) bond motifs is 1. The van der Waals surface area contributed by atoms with Gasteiger partial charge in [0.05, 0.1) is 0 Å². The minimum absolute atomic E-state index is 0.185. The fourth-order valence-corrected chi connectivity index (χ4v) is 3.04. The van der Waals surface area contributed by atoms with Crippen LogP contribution in [0.15, 0.2) is 48.5 Å². The van der Waals surface area contributed by atoms with Crippen LogP contribution in [0.1, 0.15) is 24.5 Å². The molecule has 0 unspecified atom stereocenters. The molecule has 0 atom stereocenters. The zero-order valence-electron chi connectivity index (χ0n) is 14.6. The fourth-order valence-electron chi connectivity index (χ4n) is 3.04. The monoisotopic (exact) mass is 351 g/mol. The van der Waals surface area contributed by atoms with Crippen LogP contribution in [0.3, 0.4) is 0 Å². The maximum atomic E-state index is 12.4. The zero-order chi connectivity index (χ0) is 18.5. The second-order valence-electron chi connectivity index (χ2n) is 6.32. The van der Waals surface area contributed by atoms with E-state index in [9.17, 15) is 14.4 Å². The predicted octanol–water partition coefficient (Wildman–Crippen LogP) is 2.56. The van der Waals surface area contributed by atoms with Gasteiger partial charge in [0.25, 0.3) is 0 Å². The van der Waals surface area contributed by atoms with Crippen LogP contribution >= 0.6 is 0 Å². The number of rotatable bonds is 4. The Bertz CT molecular complexity index is 848. The van der Waals surface area contributed by atoms with Gasteiger partial charge in [-0.2, -0.15) is 0 Å². The lowest BCUT2D eigenvalue weighted by atomic mass is 10.00. The summed E-state index contributed by atoms with van der Waals surface area (Å²) in [7, 11) is 0. The number of carbonyl (C=O) groups excluding carboxylic acids is 3. The lowest BCUT2D eigenvalue weighted by Crippen LogP contribution is -2.37. The van der Waals surface area contributed by atoms with Gasteiger partial charge in [-0.25, -0.2) is 0 Å². The quantitative estimate of drug-likeness (QED) is 0.831. The molecule has 6 nitrogen and oxygen atoms in total. The summed E-state index contributed by atoms with van der Waals surface area (Å²) in [6.07, 6.45) is 0.606. The van der Waals surface area contributed by atoms with Crippen molar-refractivity contribution in [2.45, 2.75) is 26.3 Å². The van der Waals surface area contributed by atoms with Crippen LogP contribution in [-0.2, 0) is 27.3 Å². The van der Waals surface area contributed by atoms with Crippen LogP contribution in [0, 0.1) is 0 Å². The summed E-state index contributed by atoms with van der Waals surface area (Å²) < 4.78 is 0. The predicted molar refractivity (Wildman–Crippen MR) is 99.6 cm³/mol. The third-order valence-corrected chi connectivity index (χ3v) is 4.26. The molecule has 0 aliphatic carbocycles. The molecule has 0 spiro atoms. The van der Waals surface area contributed by atoms with Crippen molar-refractivity contribution in [3.63, 3.8) is 0 Å². The number of carbonyl (C=O) groups is 3. The Balaban J connectivity index is 1.57. The molecule has 2 N–H and O–H groups in total. The maximum absolute atomic E-state index is 12.4. The Morgan fingerprint density at radius 2 is 1.65 bits per heavy atom. The molecule has 6 heteroatoms. The van der Waals surface area contributed by atoms with E-state index in [0.29, 0.717) is 24.5 Å². The normalized spacial score (nSPS) is 12.9. The molecule has 0 saturated carbocycles. The number of benzene rings is 2. The molecule has 1 heterocycles. The van der Waals surface area contributed by atoms with Gasteiger partial charge in [0.1, 0.15) is 6.42 Å². The van der Waals surface area contributed by atoms with E-state index in [-0.39, 0.29) is 24.1 Å². The summed E-state index contributed by atoms with van der Waals surface area (Å²) >= 11 is 0. The standard InChI is InChI=1S/C20H21N3O3/c1-14(24)21-17-7-4-8-18(11-17)22-19(25)12-20(26)23-10-9-15-5-2-3-6-16(15)13-23/h2-8,11H,9-10,12-13H2,1H3,(H,21,24)(H,22,25). The van der Waals surface area contributed by atoms with E-state index in [0.717, 1.165) is 12.0 Å². The number of anilines is 2. The highest BCUT2D eigenvalue weighted by molar-refractivity contribution is 6.04. The molecule has 0 aromatic heterocycles. The van der Waals surface area contributed by atoms with Crippen molar-refractivity contribution >= 4 is 29.1 Å². The first kappa shape index (κ1) is 17.7. The summed E-state index contributed by atoms with van der Waals surface area (Å²) in [5.41, 5.74) is 3.53. The Morgan fingerprint density at radius 1 is 0.962 bits per heavy atom. The molecule has 3 rings (SSSR count). The first-order valence-electron chi connectivity index (χ1n) is 8.53. The van der Waals surface area contributed by atoms with Gasteiger partial charge in [-0.3, -0.25) is 14.4 Å². The molecular weight excluding hydrogens is 330 g/mol. The molecule has 0 bridgehead atoms. The Labute approximate surface area is 152 Å². The van der Waals surface area contributed by atoms with Crippen LogP contribution in [0.5, 0.6) is 0 Å². The van der Waals surface area contributed by atoms with Crippen molar-refractivity contribution in [2.75, 3.05) is 17.2 Å². The number of nitrogens with one attached hydrogen (secondary N) is 2. The molecular formula is C20H21N3O3. The van der Waals surface area contributed by atoms with Crippen molar-refractivity contribution in [3.05, 3.63) is 59.7 Å². The zero-order valence-corrected chi connectivity index (χ0v) is 14.6. The van der Waals surface area contributed by atoms with Crippen molar-refractivity contribution in [2.24, 2.45) is 0 Å². The van der Waals surface area contributed by atoms with Crippen LogP contribution in [0.4, 0.5) is 11.4 Å². The summed E-state index contributed by atoms with van der Waals surface area (Å²) in [5.74, 6) is -0.738. The SMILES string of the molecule is CC(=O)Nc1cccc(NC(=O)CC(=O)N2CCc3ccccc3C2)c1. The fraction of sp³-hybridized carbons (Fsp3) is 0.250. The summed E-state index contributed by atoms with van der Waals surface area (Å²) in [6.45, 7) is 2.59. The molecule has 2 aromatic rings. The van der Waals surface area contributed by atoms with Gasteiger partial charge in [0, 0.05) is 31.4 Å². The molecule has 134 valence electrons. The van der Waals surface area contributed by atoms with Gasteiger partial charge in [-0.05, 0) is 35.7 Å². The summed E-state index contributed by atoms with van der Waals surface area (Å²) in [6, 6.07) is 14.9. The van der Waals surface area contributed by atoms with Crippen molar-refractivity contribution < 1.29 is 14.4 Å². The minimum Gasteiger partial charge on any atom is -0.338 e. The molecule has 26 heavy (non-hydrogen) atoms. The van der Waals surface area contributed by atoms with E-state index in [4.69, 9.17) is 0 Å². The Hall–Kier alpha value is -3.15. The van der Waals surface area contributed by atoms with E-state index in [1.807, 2.05) is 18.2 Å². The second-order valence-corrected chi connectivity index (χ2v) is 6.32. The van der Waals surface area contributed by atoms with Gasteiger partial charge < -0.3 is 15.5 Å². The number of hydrogen-bond acceptors (Lipinski definition) is 3. The number of amides is 3. The van der Waals surface area contributed by atoms with Crippen LogP contribution in [-0.4, -0.2) is 29.2 Å². The second kappa shape index (κ2) is 7.82. The molecule has 0 saturated heterocycles. The molecule has 1 aliphatic heterocycles. The van der Waals surface area contributed by atoms with Gasteiger partial charge >= 0.3 is 0 Å². The minimum atomic E-state index is -0.367. The van der Waals surface area contributed by atoms with E-state index in [2.05, 4.69) is 16.7 Å². The van der Waals surface area contributed by atoms with E-state index < -0.39 is 0 Å². The lowest BCUT2D eigenvalue weighted by molar-refractivity contribution is -0.135. The summed E-state index contributed by atoms with van der Waals surface area (Å²) in [5, 5.41) is 5.36. The van der Waals surface area contributed by atoms with Crippen molar-refractivity contribution in [3.8, 4) is 0 Å². The Kier molecular flexibility index (Phi) is 5.31. The third-order valence-electron chi connectivity index (χ3n) is 4.26.